The topological polar surface area (TPSA) is 125 Å². The minimum atomic E-state index is -0.578. The molecule has 3 fully saturated rings. The van der Waals surface area contributed by atoms with Crippen molar-refractivity contribution in [3.63, 3.8) is 0 Å². The number of piperazine rings is 1. The molecular weight excluding hydrogens is 564 g/mol. The molecule has 3 aliphatic rings. The zero-order valence-corrected chi connectivity index (χ0v) is 26.6. The number of amides is 4. The number of likely N-dealkylation sites (tertiary alicyclic amines) is 1. The summed E-state index contributed by atoms with van der Waals surface area (Å²) in [6.07, 6.45) is 5.06. The third kappa shape index (κ3) is 6.14. The second kappa shape index (κ2) is 13.6. The Bertz CT molecular complexity index is 1390. The van der Waals surface area contributed by atoms with Gasteiger partial charge in [0, 0.05) is 64.9 Å². The number of likely N-dealkylation sites (N-methyl/N-ethyl adjacent to an activating group) is 1. The maximum absolute atomic E-state index is 14.1. The molecule has 1 aliphatic carbocycles. The fraction of sp³-hybridized carbons (Fsp3) is 0.625. The average Bonchev–Trinajstić information content (AvgIpc) is 3.33. The first kappa shape index (κ1) is 31.8. The molecule has 12 nitrogen and oxygen atoms in total. The van der Waals surface area contributed by atoms with Crippen molar-refractivity contribution in [1.29, 1.82) is 0 Å². The molecule has 2 N–H and O–H groups in total. The summed E-state index contributed by atoms with van der Waals surface area (Å²) in [5, 5.41) is 6.68. The van der Waals surface area contributed by atoms with Crippen molar-refractivity contribution in [3.8, 4) is 5.75 Å². The SMILES string of the molecule is CN[C@@H](C)C(=O)N[C@H](C(=O)N1CCN(C(=O)c2c(C(=O)N3CC(OC)C3)c3ccc(OC)cc3n2C)CC1)C1CCCCC1. The van der Waals surface area contributed by atoms with Gasteiger partial charge in [0.2, 0.25) is 11.8 Å². The highest BCUT2D eigenvalue weighted by Crippen LogP contribution is 2.32. The summed E-state index contributed by atoms with van der Waals surface area (Å²) in [6, 6.07) is 4.48. The number of aromatic nitrogens is 1. The van der Waals surface area contributed by atoms with Crippen LogP contribution in [0.25, 0.3) is 10.9 Å². The maximum atomic E-state index is 14.1. The third-order valence-electron chi connectivity index (χ3n) is 9.68. The first-order valence-corrected chi connectivity index (χ1v) is 15.7. The van der Waals surface area contributed by atoms with E-state index in [1.54, 1.807) is 60.6 Å². The lowest BCUT2D eigenvalue weighted by molar-refractivity contribution is -0.140. The Labute approximate surface area is 259 Å². The molecule has 1 aromatic heterocycles. The Morgan fingerprint density at radius 2 is 1.57 bits per heavy atom. The molecule has 2 aliphatic heterocycles. The summed E-state index contributed by atoms with van der Waals surface area (Å²) in [5.41, 5.74) is 1.43. The van der Waals surface area contributed by atoms with Gasteiger partial charge >= 0.3 is 0 Å². The molecular formula is C32H46N6O6. The molecule has 240 valence electrons. The van der Waals surface area contributed by atoms with Crippen LogP contribution in [0.2, 0.25) is 0 Å². The highest BCUT2D eigenvalue weighted by atomic mass is 16.5. The summed E-state index contributed by atoms with van der Waals surface area (Å²) >= 11 is 0. The monoisotopic (exact) mass is 610 g/mol. The van der Waals surface area contributed by atoms with E-state index in [4.69, 9.17) is 9.47 Å². The highest BCUT2D eigenvalue weighted by molar-refractivity contribution is 6.16. The van der Waals surface area contributed by atoms with Crippen molar-refractivity contribution >= 4 is 34.5 Å². The Kier molecular flexibility index (Phi) is 9.79. The lowest BCUT2D eigenvalue weighted by Crippen LogP contribution is -2.59. The van der Waals surface area contributed by atoms with Crippen LogP contribution >= 0.6 is 0 Å². The van der Waals surface area contributed by atoms with Gasteiger partial charge < -0.3 is 39.4 Å². The average molecular weight is 611 g/mol. The fourth-order valence-electron chi connectivity index (χ4n) is 6.66. The minimum absolute atomic E-state index is 0.0116. The normalized spacial score (nSPS) is 19.4. The zero-order chi connectivity index (χ0) is 31.5. The molecule has 0 spiro atoms. The molecule has 0 radical (unpaired) electrons. The molecule has 1 saturated carbocycles. The highest BCUT2D eigenvalue weighted by Gasteiger charge is 2.39. The zero-order valence-electron chi connectivity index (χ0n) is 26.6. The number of carbonyl (C=O) groups is 4. The van der Waals surface area contributed by atoms with Gasteiger partial charge in [0.25, 0.3) is 11.8 Å². The van der Waals surface area contributed by atoms with E-state index >= 15 is 0 Å². The number of nitrogens with one attached hydrogen (secondary N) is 2. The van der Waals surface area contributed by atoms with Crippen molar-refractivity contribution in [2.75, 3.05) is 60.5 Å². The van der Waals surface area contributed by atoms with Crippen LogP contribution in [-0.4, -0.2) is 122 Å². The van der Waals surface area contributed by atoms with E-state index in [2.05, 4.69) is 10.6 Å². The van der Waals surface area contributed by atoms with Gasteiger partial charge in [-0.3, -0.25) is 19.2 Å². The van der Waals surface area contributed by atoms with Gasteiger partial charge in [-0.05, 0) is 44.9 Å². The number of ether oxygens (including phenoxy) is 2. The van der Waals surface area contributed by atoms with Gasteiger partial charge in [-0.2, -0.15) is 0 Å². The van der Waals surface area contributed by atoms with E-state index in [-0.39, 0.29) is 35.7 Å². The Morgan fingerprint density at radius 1 is 0.909 bits per heavy atom. The van der Waals surface area contributed by atoms with E-state index in [0.717, 1.165) is 37.6 Å². The second-order valence-electron chi connectivity index (χ2n) is 12.2. The number of benzene rings is 1. The van der Waals surface area contributed by atoms with E-state index in [1.165, 1.54) is 0 Å². The van der Waals surface area contributed by atoms with Gasteiger partial charge in [0.05, 0.1) is 30.3 Å². The van der Waals surface area contributed by atoms with Crippen molar-refractivity contribution in [1.82, 2.24) is 29.9 Å². The standard InChI is InChI=1S/C32H46N6O6/c1-20(33-2)29(39)34-27(21-9-7-6-8-10-21)31(41)36-13-15-37(16-14-36)32(42)28-26(30(40)38-18-23(19-38)44-5)24-12-11-22(43-4)17-25(24)35(28)3/h11-12,17,20-21,23,27,33H,6-10,13-16,18-19H2,1-5H3,(H,34,39)/t20-,27-/m0/s1. The number of rotatable bonds is 9. The number of carbonyl (C=O) groups excluding carboxylic acids is 4. The summed E-state index contributed by atoms with van der Waals surface area (Å²) < 4.78 is 12.6. The minimum Gasteiger partial charge on any atom is -0.497 e. The van der Waals surface area contributed by atoms with E-state index < -0.39 is 12.1 Å². The van der Waals surface area contributed by atoms with Crippen LogP contribution in [0.15, 0.2) is 18.2 Å². The Morgan fingerprint density at radius 3 is 2.18 bits per heavy atom. The van der Waals surface area contributed by atoms with Gasteiger partial charge in [0.15, 0.2) is 0 Å². The van der Waals surface area contributed by atoms with Crippen LogP contribution in [0.3, 0.4) is 0 Å². The lowest BCUT2D eigenvalue weighted by atomic mass is 9.83. The van der Waals surface area contributed by atoms with Crippen molar-refractivity contribution < 1.29 is 28.7 Å². The Balaban J connectivity index is 1.35. The first-order valence-electron chi connectivity index (χ1n) is 15.7. The molecule has 1 aromatic carbocycles. The number of hydrogen-bond donors (Lipinski definition) is 2. The van der Waals surface area contributed by atoms with Gasteiger partial charge in [0.1, 0.15) is 17.5 Å². The van der Waals surface area contributed by atoms with Crippen LogP contribution < -0.4 is 15.4 Å². The van der Waals surface area contributed by atoms with E-state index in [1.807, 2.05) is 12.1 Å². The van der Waals surface area contributed by atoms with Crippen molar-refractivity contribution in [3.05, 3.63) is 29.5 Å². The number of fused-ring (bicyclic) bond motifs is 1. The lowest BCUT2D eigenvalue weighted by Gasteiger charge is -2.39. The molecule has 5 rings (SSSR count). The molecule has 2 aromatic rings. The van der Waals surface area contributed by atoms with Crippen molar-refractivity contribution in [2.24, 2.45) is 13.0 Å². The molecule has 12 heteroatoms. The molecule has 44 heavy (non-hydrogen) atoms. The predicted octanol–water partition coefficient (Wildman–Crippen LogP) is 1.62. The summed E-state index contributed by atoms with van der Waals surface area (Å²) in [6.45, 7) is 4.10. The molecule has 2 saturated heterocycles. The van der Waals surface area contributed by atoms with E-state index in [9.17, 15) is 19.2 Å². The molecule has 0 bridgehead atoms. The van der Waals surface area contributed by atoms with Crippen LogP contribution in [0.5, 0.6) is 5.75 Å². The van der Waals surface area contributed by atoms with Gasteiger partial charge in [-0.15, -0.1) is 0 Å². The van der Waals surface area contributed by atoms with Gasteiger partial charge in [-0.1, -0.05) is 19.3 Å². The predicted molar refractivity (Wildman–Crippen MR) is 166 cm³/mol. The fourth-order valence-corrected chi connectivity index (χ4v) is 6.66. The third-order valence-corrected chi connectivity index (χ3v) is 9.68. The van der Waals surface area contributed by atoms with Crippen LogP contribution in [0, 0.1) is 5.92 Å². The number of aryl methyl sites for hydroxylation is 1. The smallest absolute Gasteiger partial charge is 0.271 e. The van der Waals surface area contributed by atoms with Crippen molar-refractivity contribution in [2.45, 2.75) is 57.2 Å². The largest absolute Gasteiger partial charge is 0.497 e. The van der Waals surface area contributed by atoms with Gasteiger partial charge in [-0.25, -0.2) is 0 Å². The maximum Gasteiger partial charge on any atom is 0.271 e. The van der Waals surface area contributed by atoms with E-state index in [0.29, 0.717) is 61.7 Å². The quantitative estimate of drug-likeness (QED) is 0.442. The number of methoxy groups -OCH3 is 2. The molecule has 0 unspecified atom stereocenters. The molecule has 3 heterocycles. The summed E-state index contributed by atoms with van der Waals surface area (Å²) in [4.78, 5) is 59.8. The number of nitrogens with zero attached hydrogens (tertiary/aromatic N) is 4. The second-order valence-corrected chi connectivity index (χ2v) is 12.2. The molecule has 2 atom stereocenters. The number of hydrogen-bond acceptors (Lipinski definition) is 7. The van der Waals surface area contributed by atoms with Crippen LogP contribution in [0.1, 0.15) is 59.9 Å². The Hall–Kier alpha value is -3.64. The first-order chi connectivity index (χ1) is 21.2. The van der Waals surface area contributed by atoms with Crippen LogP contribution in [-0.2, 0) is 21.4 Å². The summed E-state index contributed by atoms with van der Waals surface area (Å²) in [5.74, 6) is 0.0161. The van der Waals surface area contributed by atoms with Crippen LogP contribution in [0.4, 0.5) is 0 Å². The molecule has 4 amide bonds. The summed E-state index contributed by atoms with van der Waals surface area (Å²) in [7, 11) is 6.73.